The van der Waals surface area contributed by atoms with Gasteiger partial charge in [-0.15, -0.1) is 0 Å². The van der Waals surface area contributed by atoms with Crippen molar-refractivity contribution in [1.82, 2.24) is 0 Å². The molecule has 56 heavy (non-hydrogen) atoms. The maximum Gasteiger partial charge on any atom is 0.306 e. The van der Waals surface area contributed by atoms with Crippen molar-refractivity contribution in [2.75, 3.05) is 13.2 Å². The number of hydrogen-bond acceptors (Lipinski definition) is 6. The van der Waals surface area contributed by atoms with Crippen LogP contribution >= 0.6 is 0 Å². The van der Waals surface area contributed by atoms with Crippen molar-refractivity contribution >= 4 is 17.9 Å². The van der Waals surface area contributed by atoms with Crippen LogP contribution in [0, 0.1) is 0 Å². The number of unbranched alkanes of at least 4 members (excludes halogenated alkanes) is 20. The van der Waals surface area contributed by atoms with Crippen LogP contribution in [-0.2, 0) is 28.6 Å². The summed E-state index contributed by atoms with van der Waals surface area (Å²) < 4.78 is 16.7. The quantitative estimate of drug-likeness (QED) is 0.0266. The molecule has 0 amide bonds. The third-order valence-electron chi connectivity index (χ3n) is 9.74. The molecular formula is C50H86O6. The first kappa shape index (κ1) is 53.1. The van der Waals surface area contributed by atoms with Gasteiger partial charge in [-0.25, -0.2) is 0 Å². The first-order valence-corrected chi connectivity index (χ1v) is 23.3. The van der Waals surface area contributed by atoms with Crippen molar-refractivity contribution in [2.45, 2.75) is 226 Å². The van der Waals surface area contributed by atoms with E-state index in [2.05, 4.69) is 81.5 Å². The first-order chi connectivity index (χ1) is 27.5. The minimum absolute atomic E-state index is 0.0915. The highest BCUT2D eigenvalue weighted by Gasteiger charge is 2.19. The Morgan fingerprint density at radius 3 is 1.12 bits per heavy atom. The van der Waals surface area contributed by atoms with Crippen molar-refractivity contribution in [3.63, 3.8) is 0 Å². The summed E-state index contributed by atoms with van der Waals surface area (Å²) in [5.41, 5.74) is 0. The summed E-state index contributed by atoms with van der Waals surface area (Å²) in [7, 11) is 0. The van der Waals surface area contributed by atoms with Crippen LogP contribution in [0.3, 0.4) is 0 Å². The van der Waals surface area contributed by atoms with Gasteiger partial charge in [-0.2, -0.15) is 0 Å². The topological polar surface area (TPSA) is 78.9 Å². The second kappa shape index (κ2) is 44.8. The molecule has 0 N–H and O–H groups in total. The van der Waals surface area contributed by atoms with E-state index >= 15 is 0 Å². The number of carbonyl (C=O) groups excluding carboxylic acids is 3. The van der Waals surface area contributed by atoms with Gasteiger partial charge in [0.2, 0.25) is 0 Å². The lowest BCUT2D eigenvalue weighted by Gasteiger charge is -2.18. The second-order valence-electron chi connectivity index (χ2n) is 15.3. The normalized spacial score (nSPS) is 12.6. The Morgan fingerprint density at radius 2 is 0.661 bits per heavy atom. The molecule has 0 saturated carbocycles. The van der Waals surface area contributed by atoms with Crippen LogP contribution in [0.5, 0.6) is 0 Å². The summed E-state index contributed by atoms with van der Waals surface area (Å²) in [4.78, 5) is 37.7. The van der Waals surface area contributed by atoms with E-state index in [4.69, 9.17) is 14.2 Å². The summed E-state index contributed by atoms with van der Waals surface area (Å²) in [5.74, 6) is -0.951. The summed E-state index contributed by atoms with van der Waals surface area (Å²) in [6.45, 7) is 6.49. The molecule has 0 aromatic carbocycles. The minimum atomic E-state index is -0.792. The fourth-order valence-corrected chi connectivity index (χ4v) is 6.17. The summed E-state index contributed by atoms with van der Waals surface area (Å²) >= 11 is 0. The molecule has 6 heteroatoms. The largest absolute Gasteiger partial charge is 0.462 e. The van der Waals surface area contributed by atoms with Crippen LogP contribution in [0.1, 0.15) is 220 Å². The molecule has 0 aliphatic carbocycles. The monoisotopic (exact) mass is 783 g/mol. The van der Waals surface area contributed by atoms with Gasteiger partial charge in [0, 0.05) is 19.3 Å². The van der Waals surface area contributed by atoms with Crippen LogP contribution in [0.2, 0.25) is 0 Å². The molecule has 0 bridgehead atoms. The predicted octanol–water partition coefficient (Wildman–Crippen LogP) is 14.9. The molecular weight excluding hydrogens is 697 g/mol. The molecule has 0 heterocycles. The Kier molecular flexibility index (Phi) is 42.5. The van der Waals surface area contributed by atoms with Crippen molar-refractivity contribution < 1.29 is 28.6 Å². The van der Waals surface area contributed by atoms with E-state index in [0.717, 1.165) is 96.3 Å². The molecule has 1 atom stereocenters. The SMILES string of the molecule is CCCC/C=C\C/C=C\CCCCCCCC(=O)O[C@@H](COC(=O)CCCC/C=C\C/C=C\C/C=C\CCCCC)COC(=O)CCCCCCCCCCC. The van der Waals surface area contributed by atoms with E-state index in [-0.39, 0.29) is 31.1 Å². The number of allylic oxidation sites excluding steroid dienone is 10. The Morgan fingerprint density at radius 1 is 0.357 bits per heavy atom. The number of hydrogen-bond donors (Lipinski definition) is 0. The van der Waals surface area contributed by atoms with Gasteiger partial charge in [-0.05, 0) is 83.5 Å². The van der Waals surface area contributed by atoms with Gasteiger partial charge in [0.25, 0.3) is 0 Å². The van der Waals surface area contributed by atoms with Crippen molar-refractivity contribution in [2.24, 2.45) is 0 Å². The highest BCUT2D eigenvalue weighted by Crippen LogP contribution is 2.13. The maximum atomic E-state index is 12.7. The number of carbonyl (C=O) groups is 3. The predicted molar refractivity (Wildman–Crippen MR) is 238 cm³/mol. The molecule has 0 spiro atoms. The van der Waals surface area contributed by atoms with Gasteiger partial charge in [-0.1, -0.05) is 178 Å². The van der Waals surface area contributed by atoms with Crippen LogP contribution in [0.25, 0.3) is 0 Å². The fraction of sp³-hybridized carbons (Fsp3) is 0.740. The zero-order valence-electron chi connectivity index (χ0n) is 36.6. The molecule has 0 aliphatic heterocycles. The van der Waals surface area contributed by atoms with E-state index < -0.39 is 6.10 Å². The molecule has 0 fully saturated rings. The number of esters is 3. The Hall–Kier alpha value is -2.89. The molecule has 0 rings (SSSR count). The van der Waals surface area contributed by atoms with Crippen molar-refractivity contribution in [3.05, 3.63) is 60.8 Å². The van der Waals surface area contributed by atoms with Gasteiger partial charge < -0.3 is 14.2 Å². The molecule has 0 aromatic heterocycles. The van der Waals surface area contributed by atoms with Crippen molar-refractivity contribution in [3.8, 4) is 0 Å². The average Bonchev–Trinajstić information content (AvgIpc) is 3.19. The lowest BCUT2D eigenvalue weighted by molar-refractivity contribution is -0.167. The molecule has 322 valence electrons. The van der Waals surface area contributed by atoms with E-state index in [0.29, 0.717) is 19.3 Å². The van der Waals surface area contributed by atoms with E-state index in [1.54, 1.807) is 0 Å². The average molecular weight is 783 g/mol. The molecule has 0 radical (unpaired) electrons. The second-order valence-corrected chi connectivity index (χ2v) is 15.3. The lowest BCUT2D eigenvalue weighted by Crippen LogP contribution is -2.30. The maximum absolute atomic E-state index is 12.7. The van der Waals surface area contributed by atoms with Gasteiger partial charge in [0.05, 0.1) is 0 Å². The van der Waals surface area contributed by atoms with Gasteiger partial charge in [0.1, 0.15) is 13.2 Å². The summed E-state index contributed by atoms with van der Waals surface area (Å²) in [5, 5.41) is 0. The number of rotatable bonds is 41. The van der Waals surface area contributed by atoms with Gasteiger partial charge >= 0.3 is 17.9 Å². The van der Waals surface area contributed by atoms with E-state index in [1.165, 1.54) is 83.5 Å². The van der Waals surface area contributed by atoms with E-state index in [9.17, 15) is 14.4 Å². The van der Waals surface area contributed by atoms with Crippen LogP contribution in [-0.4, -0.2) is 37.2 Å². The zero-order chi connectivity index (χ0) is 40.8. The smallest absolute Gasteiger partial charge is 0.306 e. The van der Waals surface area contributed by atoms with Crippen LogP contribution in [0.15, 0.2) is 60.8 Å². The molecule has 0 aliphatic rings. The summed E-state index contributed by atoms with van der Waals surface area (Å²) in [6, 6.07) is 0. The third kappa shape index (κ3) is 42.3. The number of ether oxygens (including phenoxy) is 3. The highest BCUT2D eigenvalue weighted by molar-refractivity contribution is 5.71. The molecule has 0 aromatic rings. The Labute approximate surface area is 345 Å². The third-order valence-corrected chi connectivity index (χ3v) is 9.74. The lowest BCUT2D eigenvalue weighted by atomic mass is 10.1. The zero-order valence-corrected chi connectivity index (χ0v) is 36.6. The summed E-state index contributed by atoms with van der Waals surface area (Å²) in [6.07, 6.45) is 53.4. The first-order valence-electron chi connectivity index (χ1n) is 23.3. The van der Waals surface area contributed by atoms with Gasteiger partial charge in [-0.3, -0.25) is 14.4 Å². The van der Waals surface area contributed by atoms with Crippen LogP contribution < -0.4 is 0 Å². The minimum Gasteiger partial charge on any atom is -0.462 e. The van der Waals surface area contributed by atoms with Crippen molar-refractivity contribution in [1.29, 1.82) is 0 Å². The van der Waals surface area contributed by atoms with Gasteiger partial charge in [0.15, 0.2) is 6.10 Å². The molecule has 0 unspecified atom stereocenters. The molecule has 6 nitrogen and oxygen atoms in total. The molecule has 0 saturated heterocycles. The highest BCUT2D eigenvalue weighted by atomic mass is 16.6. The van der Waals surface area contributed by atoms with E-state index in [1.807, 2.05) is 0 Å². The Balaban J connectivity index is 4.45. The fourth-order valence-electron chi connectivity index (χ4n) is 6.17. The Bertz CT molecular complexity index is 1040. The van der Waals surface area contributed by atoms with Crippen LogP contribution in [0.4, 0.5) is 0 Å². The standard InChI is InChI=1S/C50H86O6/c1-4-7-10-13-16-19-21-23-25-27-28-31-34-37-40-43-49(52)55-46-47(45-54-48(51)42-39-36-33-30-18-15-12-9-6-3)56-50(53)44-41-38-35-32-29-26-24-22-20-17-14-11-8-5-2/h14,16-17,19,22-25,28,31,47H,4-13,15,18,20-21,26-27,29-30,32-46H2,1-3H3/b17-14-,19-16-,24-22-,25-23-,31-28-/t47-/m1/s1.